The molecule has 6 heteroatoms. The Morgan fingerprint density at radius 1 is 1.33 bits per heavy atom. The van der Waals surface area contributed by atoms with Crippen molar-refractivity contribution in [2.45, 2.75) is 31.6 Å². The number of rotatable bonds is 6. The van der Waals surface area contributed by atoms with Crippen LogP contribution in [0.25, 0.3) is 0 Å². The van der Waals surface area contributed by atoms with Crippen LogP contribution in [0.4, 0.5) is 4.39 Å². The summed E-state index contributed by atoms with van der Waals surface area (Å²) in [7, 11) is -3.72. The third-order valence-corrected chi connectivity index (χ3v) is 5.01. The van der Waals surface area contributed by atoms with Gasteiger partial charge in [-0.05, 0) is 24.6 Å². The van der Waals surface area contributed by atoms with E-state index >= 15 is 0 Å². The molecule has 0 saturated heterocycles. The Morgan fingerprint density at radius 2 is 2.05 bits per heavy atom. The summed E-state index contributed by atoms with van der Waals surface area (Å²) in [6.45, 7) is 4.09. The first-order valence-corrected chi connectivity index (χ1v) is 8.30. The maximum absolute atomic E-state index is 13.3. The highest BCUT2D eigenvalue weighted by Crippen LogP contribution is 2.21. The van der Waals surface area contributed by atoms with Crippen LogP contribution in [-0.2, 0) is 10.0 Å². The normalized spacial score (nSPS) is 11.3. The standard InChI is InChI=1S/C15H20FNO3S/c1-3-5-10-17(4-2)21(19,20)15-9-8-14(16)12-13(15)7-6-11-18/h8-9,12,18H,3-5,10-11H2,1-2H3. The van der Waals surface area contributed by atoms with Gasteiger partial charge in [0.15, 0.2) is 0 Å². The van der Waals surface area contributed by atoms with Gasteiger partial charge >= 0.3 is 0 Å². The van der Waals surface area contributed by atoms with Gasteiger partial charge in [0.2, 0.25) is 10.0 Å². The topological polar surface area (TPSA) is 57.6 Å². The molecular weight excluding hydrogens is 293 g/mol. The van der Waals surface area contributed by atoms with E-state index in [9.17, 15) is 12.8 Å². The van der Waals surface area contributed by atoms with Gasteiger partial charge in [0, 0.05) is 18.7 Å². The second kappa shape index (κ2) is 8.13. The van der Waals surface area contributed by atoms with E-state index in [1.807, 2.05) is 6.92 Å². The fourth-order valence-corrected chi connectivity index (χ4v) is 3.50. The lowest BCUT2D eigenvalue weighted by Crippen LogP contribution is -2.32. The number of aliphatic hydroxyl groups excluding tert-OH is 1. The van der Waals surface area contributed by atoms with Gasteiger partial charge in [-0.1, -0.05) is 32.1 Å². The maximum Gasteiger partial charge on any atom is 0.244 e. The molecule has 0 fully saturated rings. The molecule has 0 aliphatic carbocycles. The second-order valence-corrected chi connectivity index (χ2v) is 6.36. The van der Waals surface area contributed by atoms with Gasteiger partial charge in [-0.15, -0.1) is 0 Å². The molecular formula is C15H20FNO3S. The van der Waals surface area contributed by atoms with Crippen LogP contribution in [0.2, 0.25) is 0 Å². The van der Waals surface area contributed by atoms with E-state index in [2.05, 4.69) is 11.8 Å². The summed E-state index contributed by atoms with van der Waals surface area (Å²) >= 11 is 0. The number of aliphatic hydroxyl groups is 1. The molecule has 0 bridgehead atoms. The van der Waals surface area contributed by atoms with Crippen molar-refractivity contribution < 1.29 is 17.9 Å². The smallest absolute Gasteiger partial charge is 0.244 e. The summed E-state index contributed by atoms with van der Waals surface area (Å²) < 4.78 is 39.9. The Labute approximate surface area is 125 Å². The molecule has 1 aromatic carbocycles. The zero-order valence-electron chi connectivity index (χ0n) is 12.3. The van der Waals surface area contributed by atoms with Crippen molar-refractivity contribution in [2.75, 3.05) is 19.7 Å². The molecule has 1 N–H and O–H groups in total. The SMILES string of the molecule is CCCCN(CC)S(=O)(=O)c1ccc(F)cc1C#CCO. The number of halogens is 1. The number of sulfonamides is 1. The molecule has 0 saturated carbocycles. The van der Waals surface area contributed by atoms with Gasteiger partial charge in [-0.3, -0.25) is 0 Å². The van der Waals surface area contributed by atoms with E-state index in [0.29, 0.717) is 13.1 Å². The van der Waals surface area contributed by atoms with E-state index in [-0.39, 0.29) is 10.5 Å². The van der Waals surface area contributed by atoms with Crippen LogP contribution >= 0.6 is 0 Å². The molecule has 21 heavy (non-hydrogen) atoms. The molecule has 0 radical (unpaired) electrons. The van der Waals surface area contributed by atoms with Crippen molar-refractivity contribution >= 4 is 10.0 Å². The van der Waals surface area contributed by atoms with Gasteiger partial charge in [-0.2, -0.15) is 4.31 Å². The lowest BCUT2D eigenvalue weighted by atomic mass is 10.2. The minimum Gasteiger partial charge on any atom is -0.384 e. The highest BCUT2D eigenvalue weighted by molar-refractivity contribution is 7.89. The molecule has 4 nitrogen and oxygen atoms in total. The quantitative estimate of drug-likeness (QED) is 0.817. The predicted octanol–water partition coefficient (Wildman–Crippen LogP) is 1.98. The highest BCUT2D eigenvalue weighted by atomic mass is 32.2. The summed E-state index contributed by atoms with van der Waals surface area (Å²) in [4.78, 5) is -0.0252. The Kier molecular flexibility index (Phi) is 6.82. The number of benzene rings is 1. The maximum atomic E-state index is 13.3. The summed E-state index contributed by atoms with van der Waals surface area (Å²) in [6.07, 6.45) is 1.64. The summed E-state index contributed by atoms with van der Waals surface area (Å²) in [5.74, 6) is 4.30. The van der Waals surface area contributed by atoms with Crippen LogP contribution in [0.5, 0.6) is 0 Å². The minimum absolute atomic E-state index is 0.0252. The van der Waals surface area contributed by atoms with E-state index in [1.54, 1.807) is 6.92 Å². The van der Waals surface area contributed by atoms with Gasteiger partial charge in [0.1, 0.15) is 12.4 Å². The molecule has 0 aromatic heterocycles. The van der Waals surface area contributed by atoms with E-state index in [4.69, 9.17) is 5.11 Å². The minimum atomic E-state index is -3.72. The molecule has 0 heterocycles. The average Bonchev–Trinajstić information content (AvgIpc) is 2.45. The zero-order valence-corrected chi connectivity index (χ0v) is 13.1. The van der Waals surface area contributed by atoms with Gasteiger partial charge in [0.25, 0.3) is 0 Å². The Bertz CT molecular complexity index is 632. The lowest BCUT2D eigenvalue weighted by Gasteiger charge is -2.21. The van der Waals surface area contributed by atoms with Crippen molar-refractivity contribution in [2.24, 2.45) is 0 Å². The molecule has 0 aliphatic heterocycles. The molecule has 0 spiro atoms. The first kappa shape index (κ1) is 17.6. The van der Waals surface area contributed by atoms with Crippen molar-refractivity contribution in [1.82, 2.24) is 4.31 Å². The van der Waals surface area contributed by atoms with E-state index in [0.717, 1.165) is 25.0 Å². The van der Waals surface area contributed by atoms with Crippen LogP contribution in [0, 0.1) is 17.7 Å². The van der Waals surface area contributed by atoms with Crippen LogP contribution in [0.3, 0.4) is 0 Å². The van der Waals surface area contributed by atoms with Crippen LogP contribution in [0.1, 0.15) is 32.3 Å². The average molecular weight is 313 g/mol. The van der Waals surface area contributed by atoms with Crippen LogP contribution in [0.15, 0.2) is 23.1 Å². The Balaban J connectivity index is 3.29. The molecule has 1 aromatic rings. The monoisotopic (exact) mass is 313 g/mol. The molecule has 0 atom stereocenters. The zero-order chi connectivity index (χ0) is 15.9. The predicted molar refractivity (Wildman–Crippen MR) is 79.7 cm³/mol. The first-order valence-electron chi connectivity index (χ1n) is 6.86. The van der Waals surface area contributed by atoms with Gasteiger partial charge in [-0.25, -0.2) is 12.8 Å². The Hall–Kier alpha value is -1.42. The summed E-state index contributed by atoms with van der Waals surface area (Å²) in [5.41, 5.74) is 0.0685. The first-order chi connectivity index (χ1) is 9.97. The molecule has 0 aliphatic rings. The fraction of sp³-hybridized carbons (Fsp3) is 0.467. The number of nitrogens with zero attached hydrogens (tertiary/aromatic N) is 1. The Morgan fingerprint density at radius 3 is 2.62 bits per heavy atom. The fourth-order valence-electron chi connectivity index (χ4n) is 1.88. The number of hydrogen-bond acceptors (Lipinski definition) is 3. The molecule has 116 valence electrons. The molecule has 0 amide bonds. The number of hydrogen-bond donors (Lipinski definition) is 1. The lowest BCUT2D eigenvalue weighted by molar-refractivity contribution is 0.350. The van der Waals surface area contributed by atoms with Crippen molar-refractivity contribution in [3.63, 3.8) is 0 Å². The van der Waals surface area contributed by atoms with E-state index in [1.165, 1.54) is 10.4 Å². The third-order valence-electron chi connectivity index (χ3n) is 2.98. The van der Waals surface area contributed by atoms with Gasteiger partial charge in [0.05, 0.1) is 4.90 Å². The van der Waals surface area contributed by atoms with Crippen molar-refractivity contribution in [3.05, 3.63) is 29.6 Å². The molecule has 1 rings (SSSR count). The van der Waals surface area contributed by atoms with Gasteiger partial charge < -0.3 is 5.11 Å². The second-order valence-electron chi connectivity index (χ2n) is 4.45. The summed E-state index contributed by atoms with van der Waals surface area (Å²) in [6, 6.07) is 3.40. The summed E-state index contributed by atoms with van der Waals surface area (Å²) in [5, 5.41) is 8.73. The number of unbranched alkanes of at least 4 members (excludes halogenated alkanes) is 1. The van der Waals surface area contributed by atoms with Crippen LogP contribution < -0.4 is 0 Å². The van der Waals surface area contributed by atoms with Crippen molar-refractivity contribution in [3.8, 4) is 11.8 Å². The van der Waals surface area contributed by atoms with Crippen LogP contribution in [-0.4, -0.2) is 37.5 Å². The molecule has 0 unspecified atom stereocenters. The third kappa shape index (κ3) is 4.53. The highest BCUT2D eigenvalue weighted by Gasteiger charge is 2.25. The van der Waals surface area contributed by atoms with Crippen molar-refractivity contribution in [1.29, 1.82) is 0 Å². The largest absolute Gasteiger partial charge is 0.384 e. The van der Waals surface area contributed by atoms with E-state index < -0.39 is 22.4 Å².